The minimum atomic E-state index is -4.39. The third-order valence-corrected chi connectivity index (χ3v) is 13.4. The van der Waals surface area contributed by atoms with Gasteiger partial charge in [0.15, 0.2) is 0 Å². The zero-order valence-electron chi connectivity index (χ0n) is 47.6. The number of hydrogen-bond acceptors (Lipinski definition) is 5. The SMILES string of the molecule is CC/C=C\C/C=C\C/C=C\C/C=C\C/C=C\C/C=C\C/C=C\CCCC(=O)NC(COP(=O)(O)OCC[N+](C)(C)C)C(O)/C=C/CC/C=C/CC/C=C/CCCCCCCCCCCCCCCCCCCC. The Kier molecular flexibility index (Phi) is 51.4. The Hall–Kier alpha value is -3.10. The van der Waals surface area contributed by atoms with Crippen LogP contribution in [0.25, 0.3) is 0 Å². The van der Waals surface area contributed by atoms with Gasteiger partial charge in [0.25, 0.3) is 0 Å². The lowest BCUT2D eigenvalue weighted by Crippen LogP contribution is -2.45. The predicted octanol–water partition coefficient (Wildman–Crippen LogP) is 18.1. The van der Waals surface area contributed by atoms with Crippen LogP contribution in [0.4, 0.5) is 0 Å². The quantitative estimate of drug-likeness (QED) is 0.0243. The molecule has 3 unspecified atom stereocenters. The number of aliphatic hydroxyl groups is 1. The van der Waals surface area contributed by atoms with E-state index in [0.717, 1.165) is 77.0 Å². The Balaban J connectivity index is 4.40. The summed E-state index contributed by atoms with van der Waals surface area (Å²) in [5, 5.41) is 13.9. The molecule has 9 heteroatoms. The smallest absolute Gasteiger partial charge is 0.387 e. The first kappa shape index (κ1) is 69.9. The van der Waals surface area contributed by atoms with Crippen molar-refractivity contribution >= 4 is 13.7 Å². The molecule has 0 aromatic heterocycles. The molecule has 418 valence electrons. The monoisotopic (exact) mass is 1040 g/mol. The molecule has 3 atom stereocenters. The normalized spacial score (nSPS) is 14.8. The molecule has 0 saturated carbocycles. The minimum Gasteiger partial charge on any atom is -0.387 e. The molecule has 0 saturated heterocycles. The summed E-state index contributed by atoms with van der Waals surface area (Å²) in [5.41, 5.74) is 0. The number of likely N-dealkylation sites (N-methyl/N-ethyl adjacent to an activating group) is 1. The number of amides is 1. The third kappa shape index (κ3) is 56.5. The zero-order valence-corrected chi connectivity index (χ0v) is 48.5. The first-order chi connectivity index (χ1) is 35.5. The number of allylic oxidation sites excluding steroid dienone is 19. The molecule has 3 N–H and O–H groups in total. The summed E-state index contributed by atoms with van der Waals surface area (Å²) in [6, 6.07) is -0.911. The lowest BCUT2D eigenvalue weighted by Gasteiger charge is -2.25. The molecule has 8 nitrogen and oxygen atoms in total. The molecule has 0 aliphatic rings. The molecular weight excluding hydrogens is 924 g/mol. The van der Waals surface area contributed by atoms with Crippen LogP contribution in [0.5, 0.6) is 0 Å². The summed E-state index contributed by atoms with van der Waals surface area (Å²) in [7, 11) is 1.49. The molecule has 0 aromatic carbocycles. The molecule has 0 aliphatic heterocycles. The molecular formula is C64H112N2O6P+. The molecule has 0 heterocycles. The van der Waals surface area contributed by atoms with Gasteiger partial charge in [-0.15, -0.1) is 0 Å². The Morgan fingerprint density at radius 3 is 1.26 bits per heavy atom. The topological polar surface area (TPSA) is 105 Å². The van der Waals surface area contributed by atoms with Gasteiger partial charge in [-0.25, -0.2) is 4.57 Å². The minimum absolute atomic E-state index is 0.0355. The maximum absolute atomic E-state index is 13.0. The summed E-state index contributed by atoms with van der Waals surface area (Å²) in [4.78, 5) is 23.3. The summed E-state index contributed by atoms with van der Waals surface area (Å²) in [5.74, 6) is -0.252. The second-order valence-electron chi connectivity index (χ2n) is 20.6. The number of rotatable bonds is 52. The molecule has 0 radical (unpaired) electrons. The van der Waals surface area contributed by atoms with Gasteiger partial charge in [-0.05, 0) is 96.3 Å². The van der Waals surface area contributed by atoms with Crippen molar-refractivity contribution in [1.82, 2.24) is 5.32 Å². The molecule has 0 rings (SSSR count). The van der Waals surface area contributed by atoms with Gasteiger partial charge in [-0.2, -0.15) is 0 Å². The number of hydrogen-bond donors (Lipinski definition) is 3. The van der Waals surface area contributed by atoms with Gasteiger partial charge in [0.1, 0.15) is 13.2 Å². The van der Waals surface area contributed by atoms with Crippen LogP contribution in [-0.2, 0) is 18.4 Å². The van der Waals surface area contributed by atoms with Gasteiger partial charge in [0.05, 0.1) is 39.9 Å². The van der Waals surface area contributed by atoms with E-state index >= 15 is 0 Å². The van der Waals surface area contributed by atoms with Crippen molar-refractivity contribution in [3.8, 4) is 0 Å². The average molecular weight is 1040 g/mol. The molecule has 0 aliphatic carbocycles. The zero-order chi connectivity index (χ0) is 53.5. The summed E-state index contributed by atoms with van der Waals surface area (Å²) < 4.78 is 23.7. The fourth-order valence-corrected chi connectivity index (χ4v) is 8.56. The molecule has 0 spiro atoms. The van der Waals surface area contributed by atoms with E-state index in [1.807, 2.05) is 27.2 Å². The third-order valence-electron chi connectivity index (χ3n) is 12.4. The van der Waals surface area contributed by atoms with Crippen molar-refractivity contribution in [3.05, 3.63) is 122 Å². The number of aliphatic hydroxyl groups excluding tert-OH is 1. The van der Waals surface area contributed by atoms with Crippen molar-refractivity contribution in [3.63, 3.8) is 0 Å². The van der Waals surface area contributed by atoms with Gasteiger partial charge in [-0.3, -0.25) is 13.8 Å². The van der Waals surface area contributed by atoms with Crippen LogP contribution in [0, 0.1) is 0 Å². The van der Waals surface area contributed by atoms with Gasteiger partial charge in [0.2, 0.25) is 5.91 Å². The van der Waals surface area contributed by atoms with Crippen LogP contribution in [-0.4, -0.2) is 73.4 Å². The first-order valence-electron chi connectivity index (χ1n) is 29.4. The van der Waals surface area contributed by atoms with Gasteiger partial charge in [-0.1, -0.05) is 245 Å². The Morgan fingerprint density at radius 2 is 0.836 bits per heavy atom. The number of unbranched alkanes of at least 4 members (excludes halogenated alkanes) is 21. The Labute approximate surface area is 450 Å². The van der Waals surface area contributed by atoms with Gasteiger partial charge >= 0.3 is 7.82 Å². The highest BCUT2D eigenvalue weighted by atomic mass is 31.2. The van der Waals surface area contributed by atoms with Crippen molar-refractivity contribution < 1.29 is 32.9 Å². The maximum Gasteiger partial charge on any atom is 0.472 e. The van der Waals surface area contributed by atoms with E-state index in [-0.39, 0.29) is 25.5 Å². The lowest BCUT2D eigenvalue weighted by molar-refractivity contribution is -0.870. The number of carbonyl (C=O) groups is 1. The van der Waals surface area contributed by atoms with Crippen LogP contribution < -0.4 is 5.32 Å². The largest absolute Gasteiger partial charge is 0.472 e. The van der Waals surface area contributed by atoms with Gasteiger partial charge < -0.3 is 19.8 Å². The van der Waals surface area contributed by atoms with Crippen LogP contribution in [0.1, 0.15) is 226 Å². The van der Waals surface area contributed by atoms with Crippen molar-refractivity contribution in [2.24, 2.45) is 0 Å². The van der Waals surface area contributed by atoms with E-state index in [9.17, 15) is 19.4 Å². The summed E-state index contributed by atoms with van der Waals surface area (Å²) >= 11 is 0. The predicted molar refractivity (Wildman–Crippen MR) is 318 cm³/mol. The second kappa shape index (κ2) is 53.7. The molecule has 1 amide bonds. The van der Waals surface area contributed by atoms with E-state index in [0.29, 0.717) is 17.4 Å². The lowest BCUT2D eigenvalue weighted by atomic mass is 10.0. The van der Waals surface area contributed by atoms with Crippen LogP contribution in [0.2, 0.25) is 0 Å². The van der Waals surface area contributed by atoms with E-state index in [2.05, 4.69) is 129 Å². The average Bonchev–Trinajstić information content (AvgIpc) is 3.35. The highest BCUT2D eigenvalue weighted by Crippen LogP contribution is 2.43. The maximum atomic E-state index is 13.0. The fraction of sp³-hybridized carbons (Fsp3) is 0.672. The van der Waals surface area contributed by atoms with E-state index in [4.69, 9.17) is 9.05 Å². The van der Waals surface area contributed by atoms with Crippen molar-refractivity contribution in [2.45, 2.75) is 238 Å². The summed E-state index contributed by atoms with van der Waals surface area (Å²) in [6.07, 6.45) is 80.4. The van der Waals surface area contributed by atoms with Crippen molar-refractivity contribution in [2.75, 3.05) is 40.9 Å². The number of carbonyl (C=O) groups excluding carboxylic acids is 1. The van der Waals surface area contributed by atoms with Crippen LogP contribution >= 0.6 is 7.82 Å². The molecule has 0 aromatic rings. The Bertz CT molecular complexity index is 1600. The van der Waals surface area contributed by atoms with E-state index < -0.39 is 20.0 Å². The number of nitrogens with one attached hydrogen (secondary N) is 1. The van der Waals surface area contributed by atoms with Crippen molar-refractivity contribution in [1.29, 1.82) is 0 Å². The molecule has 73 heavy (non-hydrogen) atoms. The number of phosphoric acid groups is 1. The molecule has 0 fully saturated rings. The number of phosphoric ester groups is 1. The highest BCUT2D eigenvalue weighted by Gasteiger charge is 2.27. The van der Waals surface area contributed by atoms with E-state index in [1.54, 1.807) is 6.08 Å². The van der Waals surface area contributed by atoms with Crippen LogP contribution in [0.3, 0.4) is 0 Å². The summed E-state index contributed by atoms with van der Waals surface area (Å²) in [6.45, 7) is 4.63. The second-order valence-corrected chi connectivity index (χ2v) is 22.1. The Morgan fingerprint density at radius 1 is 0.479 bits per heavy atom. The first-order valence-corrected chi connectivity index (χ1v) is 30.9. The van der Waals surface area contributed by atoms with E-state index in [1.165, 1.54) is 122 Å². The standard InChI is InChI=1S/C64H111N2O6P/c1-6-8-10-12-14-16-18-20-22-24-26-28-30-31-32-33-34-36-37-39-41-43-45-47-49-51-53-55-57-63(67)62(61-72-73(69,70)71-60-59-66(3,4)5)65-64(68)58-56-54-52-50-48-46-44-42-40-38-35-29-27-25-23-21-19-17-15-13-11-9-7-2/h9,11,15,17,21,23,27,29,38-41,44,46-47,49-50,52,55,57,62-63,67H,6-8,10,12-14,16,18-20,22,24-26,28,30-37,42-43,45,48,51,53-54,56,58-61H2,1-5H3,(H-,65,68,69,70)/p+1/b11-9-,17-15-,23-21-,29-27-,40-38-,41-39+,46-44-,49-47+,52-50-,57-55+. The van der Waals surface area contributed by atoms with Gasteiger partial charge in [0, 0.05) is 6.42 Å². The number of nitrogens with zero attached hydrogens (tertiary/aromatic N) is 1. The highest BCUT2D eigenvalue weighted by molar-refractivity contribution is 7.47. The molecule has 0 bridgehead atoms. The fourth-order valence-electron chi connectivity index (χ4n) is 7.83. The number of quaternary nitrogens is 1. The van der Waals surface area contributed by atoms with Crippen LogP contribution in [0.15, 0.2) is 122 Å².